The van der Waals surface area contributed by atoms with Crippen molar-refractivity contribution in [1.29, 1.82) is 0 Å². The van der Waals surface area contributed by atoms with Gasteiger partial charge in [0.05, 0.1) is 6.04 Å². The standard InChI is InChI=1S/C13H16N2S/c1-10-5-2-3-7-12(10)13(15-14)9-11-6-4-8-16-11/h2-8,13,15H,9,14H2,1H3. The van der Waals surface area contributed by atoms with Gasteiger partial charge in [-0.05, 0) is 29.5 Å². The molecule has 2 nitrogen and oxygen atoms in total. The third-order valence-electron chi connectivity index (χ3n) is 2.75. The first-order valence-corrected chi connectivity index (χ1v) is 6.23. The fourth-order valence-corrected chi connectivity index (χ4v) is 2.62. The fourth-order valence-electron chi connectivity index (χ4n) is 1.87. The largest absolute Gasteiger partial charge is 0.271 e. The summed E-state index contributed by atoms with van der Waals surface area (Å²) in [6.07, 6.45) is 0.943. The van der Waals surface area contributed by atoms with Crippen LogP contribution in [0.1, 0.15) is 22.0 Å². The average Bonchev–Trinajstić information content (AvgIpc) is 2.80. The quantitative estimate of drug-likeness (QED) is 0.628. The Hall–Kier alpha value is -1.16. The van der Waals surface area contributed by atoms with Crippen molar-refractivity contribution in [3.05, 3.63) is 57.8 Å². The molecule has 0 aliphatic carbocycles. The maximum atomic E-state index is 5.64. The Morgan fingerprint density at radius 3 is 2.69 bits per heavy atom. The number of thiophene rings is 1. The van der Waals surface area contributed by atoms with Crippen LogP contribution in [0, 0.1) is 6.92 Å². The van der Waals surface area contributed by atoms with E-state index in [1.807, 2.05) is 0 Å². The molecule has 0 bridgehead atoms. The number of hydrogen-bond acceptors (Lipinski definition) is 3. The van der Waals surface area contributed by atoms with Gasteiger partial charge in [0, 0.05) is 11.3 Å². The highest BCUT2D eigenvalue weighted by Crippen LogP contribution is 2.22. The van der Waals surface area contributed by atoms with Gasteiger partial charge in [-0.25, -0.2) is 0 Å². The molecule has 16 heavy (non-hydrogen) atoms. The molecule has 1 unspecified atom stereocenters. The van der Waals surface area contributed by atoms with Crippen LogP contribution in [0.3, 0.4) is 0 Å². The molecule has 3 N–H and O–H groups in total. The summed E-state index contributed by atoms with van der Waals surface area (Å²) >= 11 is 1.77. The Balaban J connectivity index is 2.20. The van der Waals surface area contributed by atoms with Crippen molar-refractivity contribution in [3.63, 3.8) is 0 Å². The van der Waals surface area contributed by atoms with Gasteiger partial charge in [-0.3, -0.25) is 11.3 Å². The van der Waals surface area contributed by atoms with Crippen molar-refractivity contribution >= 4 is 11.3 Å². The molecule has 84 valence electrons. The molecule has 1 atom stereocenters. The molecule has 0 fully saturated rings. The molecule has 0 radical (unpaired) electrons. The number of hydrazine groups is 1. The topological polar surface area (TPSA) is 38.0 Å². The van der Waals surface area contributed by atoms with Gasteiger partial charge in [0.2, 0.25) is 0 Å². The minimum absolute atomic E-state index is 0.194. The zero-order valence-corrected chi connectivity index (χ0v) is 10.1. The van der Waals surface area contributed by atoms with Crippen molar-refractivity contribution in [3.8, 4) is 0 Å². The summed E-state index contributed by atoms with van der Waals surface area (Å²) in [6.45, 7) is 2.12. The molecule has 0 saturated heterocycles. The molecule has 1 aromatic heterocycles. The molecule has 0 saturated carbocycles. The lowest BCUT2D eigenvalue weighted by molar-refractivity contribution is 0.553. The lowest BCUT2D eigenvalue weighted by atomic mass is 9.99. The van der Waals surface area contributed by atoms with Gasteiger partial charge in [0.25, 0.3) is 0 Å². The van der Waals surface area contributed by atoms with Crippen molar-refractivity contribution in [2.75, 3.05) is 0 Å². The van der Waals surface area contributed by atoms with Crippen molar-refractivity contribution in [2.24, 2.45) is 5.84 Å². The Bertz CT molecular complexity index is 437. The summed E-state index contributed by atoms with van der Waals surface area (Å²) < 4.78 is 0. The van der Waals surface area contributed by atoms with Gasteiger partial charge in [-0.2, -0.15) is 0 Å². The number of hydrogen-bond donors (Lipinski definition) is 2. The molecular weight excluding hydrogens is 216 g/mol. The van der Waals surface area contributed by atoms with E-state index in [1.54, 1.807) is 11.3 Å². The van der Waals surface area contributed by atoms with Crippen LogP contribution in [-0.2, 0) is 6.42 Å². The summed E-state index contributed by atoms with van der Waals surface area (Å²) in [4.78, 5) is 1.35. The Morgan fingerprint density at radius 1 is 1.25 bits per heavy atom. The normalized spacial score (nSPS) is 12.6. The second kappa shape index (κ2) is 5.25. The maximum Gasteiger partial charge on any atom is 0.0510 e. The van der Waals surface area contributed by atoms with E-state index in [0.717, 1.165) is 6.42 Å². The van der Waals surface area contributed by atoms with Crippen LogP contribution in [0.2, 0.25) is 0 Å². The summed E-state index contributed by atoms with van der Waals surface area (Å²) in [5.41, 5.74) is 5.46. The number of aryl methyl sites for hydroxylation is 1. The molecule has 0 aliphatic rings. The van der Waals surface area contributed by atoms with Crippen LogP contribution < -0.4 is 11.3 Å². The van der Waals surface area contributed by atoms with Gasteiger partial charge in [0.1, 0.15) is 0 Å². The third kappa shape index (κ3) is 2.50. The average molecular weight is 232 g/mol. The summed E-state index contributed by atoms with van der Waals surface area (Å²) in [7, 11) is 0. The first-order chi connectivity index (χ1) is 7.81. The van der Waals surface area contributed by atoms with Crippen LogP contribution in [0.5, 0.6) is 0 Å². The van der Waals surface area contributed by atoms with E-state index in [-0.39, 0.29) is 6.04 Å². The van der Waals surface area contributed by atoms with Gasteiger partial charge in [0.15, 0.2) is 0 Å². The van der Waals surface area contributed by atoms with Crippen LogP contribution >= 0.6 is 11.3 Å². The van der Waals surface area contributed by atoms with Gasteiger partial charge >= 0.3 is 0 Å². The Morgan fingerprint density at radius 2 is 2.06 bits per heavy atom. The van der Waals surface area contributed by atoms with E-state index in [1.165, 1.54) is 16.0 Å². The number of nitrogens with one attached hydrogen (secondary N) is 1. The predicted octanol–water partition coefficient (Wildman–Crippen LogP) is 2.80. The number of nitrogens with two attached hydrogens (primary N) is 1. The zero-order chi connectivity index (χ0) is 11.4. The Labute approximate surface area is 100 Å². The summed E-state index contributed by atoms with van der Waals surface area (Å²) in [5.74, 6) is 5.64. The highest BCUT2D eigenvalue weighted by Gasteiger charge is 2.12. The smallest absolute Gasteiger partial charge is 0.0510 e. The van der Waals surface area contributed by atoms with E-state index < -0.39 is 0 Å². The van der Waals surface area contributed by atoms with E-state index in [4.69, 9.17) is 5.84 Å². The fraction of sp³-hybridized carbons (Fsp3) is 0.231. The highest BCUT2D eigenvalue weighted by molar-refractivity contribution is 7.09. The van der Waals surface area contributed by atoms with E-state index in [2.05, 4.69) is 54.1 Å². The first-order valence-electron chi connectivity index (χ1n) is 5.35. The molecule has 1 aromatic carbocycles. The molecule has 2 rings (SSSR count). The monoisotopic (exact) mass is 232 g/mol. The number of rotatable bonds is 4. The molecule has 1 heterocycles. The van der Waals surface area contributed by atoms with Crippen molar-refractivity contribution in [1.82, 2.24) is 5.43 Å². The van der Waals surface area contributed by atoms with Gasteiger partial charge in [-0.15, -0.1) is 11.3 Å². The first kappa shape index (κ1) is 11.3. The van der Waals surface area contributed by atoms with Crippen molar-refractivity contribution in [2.45, 2.75) is 19.4 Å². The van der Waals surface area contributed by atoms with Crippen LogP contribution in [0.15, 0.2) is 41.8 Å². The molecule has 2 aromatic rings. The van der Waals surface area contributed by atoms with Gasteiger partial charge in [-0.1, -0.05) is 30.3 Å². The van der Waals surface area contributed by atoms with Crippen LogP contribution in [0.25, 0.3) is 0 Å². The number of benzene rings is 1. The molecule has 0 amide bonds. The maximum absolute atomic E-state index is 5.64. The lowest BCUT2D eigenvalue weighted by Crippen LogP contribution is -2.29. The SMILES string of the molecule is Cc1ccccc1C(Cc1cccs1)NN. The third-order valence-corrected chi connectivity index (χ3v) is 3.65. The molecule has 3 heteroatoms. The summed E-state index contributed by atoms with van der Waals surface area (Å²) in [6, 6.07) is 12.8. The van der Waals surface area contributed by atoms with Gasteiger partial charge < -0.3 is 0 Å². The Kier molecular flexibility index (Phi) is 3.72. The zero-order valence-electron chi connectivity index (χ0n) is 9.31. The second-order valence-corrected chi connectivity index (χ2v) is 4.89. The second-order valence-electron chi connectivity index (χ2n) is 3.86. The molecule has 0 spiro atoms. The highest BCUT2D eigenvalue weighted by atomic mass is 32.1. The van der Waals surface area contributed by atoms with Crippen LogP contribution in [0.4, 0.5) is 0 Å². The van der Waals surface area contributed by atoms with E-state index in [0.29, 0.717) is 0 Å². The van der Waals surface area contributed by atoms with E-state index >= 15 is 0 Å². The lowest BCUT2D eigenvalue weighted by Gasteiger charge is -2.17. The van der Waals surface area contributed by atoms with Crippen LogP contribution in [-0.4, -0.2) is 0 Å². The van der Waals surface area contributed by atoms with Crippen molar-refractivity contribution < 1.29 is 0 Å². The molecule has 0 aliphatic heterocycles. The minimum Gasteiger partial charge on any atom is -0.271 e. The molecular formula is C13H16N2S. The van der Waals surface area contributed by atoms with E-state index in [9.17, 15) is 0 Å². The summed E-state index contributed by atoms with van der Waals surface area (Å²) in [5, 5.41) is 2.10. The minimum atomic E-state index is 0.194. The predicted molar refractivity (Wildman–Crippen MR) is 69.3 cm³/mol.